The maximum absolute atomic E-state index is 11.6. The number of hydrogen-bond donors (Lipinski definition) is 0. The molecule has 0 saturated heterocycles. The number of carbonyl (C=O) groups is 1. The molecule has 1 aromatic heterocycles. The lowest BCUT2D eigenvalue weighted by Gasteiger charge is -2.15. The summed E-state index contributed by atoms with van der Waals surface area (Å²) in [5, 5.41) is 4.15. The van der Waals surface area contributed by atoms with Crippen LogP contribution in [0.5, 0.6) is 0 Å². The SMILES string of the molecule is CCOC(=O)c1cnn(COCC[Si](C)(C)C)c1I. The van der Waals surface area contributed by atoms with Gasteiger partial charge in [-0.15, -0.1) is 0 Å². The third kappa shape index (κ3) is 5.61. The van der Waals surface area contributed by atoms with Crippen molar-refractivity contribution < 1.29 is 14.3 Å². The summed E-state index contributed by atoms with van der Waals surface area (Å²) >= 11 is 2.09. The predicted molar refractivity (Wildman–Crippen MR) is 85.0 cm³/mol. The first-order chi connectivity index (χ1) is 8.85. The van der Waals surface area contributed by atoms with Crippen LogP contribution in [0.3, 0.4) is 0 Å². The van der Waals surface area contributed by atoms with Gasteiger partial charge in [0.15, 0.2) is 0 Å². The first kappa shape index (κ1) is 16.6. The predicted octanol–water partition coefficient (Wildman–Crippen LogP) is 2.98. The van der Waals surface area contributed by atoms with Crippen molar-refractivity contribution in [3.05, 3.63) is 15.5 Å². The third-order valence-electron chi connectivity index (χ3n) is 2.48. The average Bonchev–Trinajstić information content (AvgIpc) is 2.65. The largest absolute Gasteiger partial charge is 0.462 e. The summed E-state index contributed by atoms with van der Waals surface area (Å²) in [4.78, 5) is 11.6. The molecule has 0 aliphatic heterocycles. The van der Waals surface area contributed by atoms with Crippen LogP contribution in [0.25, 0.3) is 0 Å². The zero-order valence-electron chi connectivity index (χ0n) is 11.9. The van der Waals surface area contributed by atoms with Crippen molar-refractivity contribution >= 4 is 36.6 Å². The van der Waals surface area contributed by atoms with Gasteiger partial charge in [0.1, 0.15) is 16.0 Å². The molecule has 1 rings (SSSR count). The molecule has 1 heterocycles. The van der Waals surface area contributed by atoms with Crippen LogP contribution < -0.4 is 0 Å². The van der Waals surface area contributed by atoms with Crippen LogP contribution in [0, 0.1) is 3.70 Å². The van der Waals surface area contributed by atoms with E-state index in [-0.39, 0.29) is 5.97 Å². The Kier molecular flexibility index (Phi) is 6.47. The van der Waals surface area contributed by atoms with E-state index in [1.54, 1.807) is 11.6 Å². The van der Waals surface area contributed by atoms with Crippen molar-refractivity contribution in [1.29, 1.82) is 0 Å². The van der Waals surface area contributed by atoms with E-state index in [0.29, 0.717) is 18.9 Å². The van der Waals surface area contributed by atoms with Crippen molar-refractivity contribution in [2.24, 2.45) is 0 Å². The monoisotopic (exact) mass is 396 g/mol. The fraction of sp³-hybridized carbons (Fsp3) is 0.667. The first-order valence-electron chi connectivity index (χ1n) is 6.31. The average molecular weight is 396 g/mol. The zero-order valence-corrected chi connectivity index (χ0v) is 15.1. The molecule has 0 amide bonds. The van der Waals surface area contributed by atoms with Crippen molar-refractivity contribution in [1.82, 2.24) is 9.78 Å². The molecule has 0 aliphatic carbocycles. The number of rotatable bonds is 7. The molecule has 0 saturated carbocycles. The summed E-state index contributed by atoms with van der Waals surface area (Å²) in [5.74, 6) is -0.333. The number of halogens is 1. The van der Waals surface area contributed by atoms with E-state index in [4.69, 9.17) is 9.47 Å². The highest BCUT2D eigenvalue weighted by atomic mass is 127. The lowest BCUT2D eigenvalue weighted by molar-refractivity contribution is 0.0522. The summed E-state index contributed by atoms with van der Waals surface area (Å²) < 4.78 is 13.0. The molecular formula is C12H21IN2O3Si. The molecule has 0 aromatic carbocycles. The molecule has 0 spiro atoms. The molecule has 5 nitrogen and oxygen atoms in total. The highest BCUT2D eigenvalue weighted by molar-refractivity contribution is 14.1. The molecule has 19 heavy (non-hydrogen) atoms. The van der Waals surface area contributed by atoms with Crippen LogP contribution >= 0.6 is 22.6 Å². The van der Waals surface area contributed by atoms with Crippen LogP contribution in [-0.2, 0) is 16.2 Å². The van der Waals surface area contributed by atoms with Crippen molar-refractivity contribution in [2.75, 3.05) is 13.2 Å². The smallest absolute Gasteiger partial charge is 0.342 e. The van der Waals surface area contributed by atoms with E-state index in [1.165, 1.54) is 6.20 Å². The van der Waals surface area contributed by atoms with Gasteiger partial charge in [-0.05, 0) is 35.6 Å². The molecule has 108 valence electrons. The fourth-order valence-corrected chi connectivity index (χ4v) is 2.72. The molecule has 0 fully saturated rings. The van der Waals surface area contributed by atoms with Gasteiger partial charge in [0, 0.05) is 14.7 Å². The van der Waals surface area contributed by atoms with E-state index >= 15 is 0 Å². The Hall–Kier alpha value is -0.413. The second kappa shape index (κ2) is 7.39. The van der Waals surface area contributed by atoms with Gasteiger partial charge in [-0.3, -0.25) is 0 Å². The van der Waals surface area contributed by atoms with Crippen LogP contribution in [-0.4, -0.2) is 37.0 Å². The summed E-state index contributed by atoms with van der Waals surface area (Å²) in [7, 11) is -1.06. The van der Waals surface area contributed by atoms with Gasteiger partial charge in [-0.2, -0.15) is 5.10 Å². The number of aromatic nitrogens is 2. The number of hydrogen-bond acceptors (Lipinski definition) is 4. The Morgan fingerprint density at radius 3 is 2.74 bits per heavy atom. The molecule has 7 heteroatoms. The van der Waals surface area contributed by atoms with Crippen LogP contribution in [0.4, 0.5) is 0 Å². The summed E-state index contributed by atoms with van der Waals surface area (Å²) in [6.07, 6.45) is 1.53. The second-order valence-electron chi connectivity index (χ2n) is 5.42. The minimum Gasteiger partial charge on any atom is -0.462 e. The van der Waals surface area contributed by atoms with Gasteiger partial charge >= 0.3 is 5.97 Å². The van der Waals surface area contributed by atoms with Crippen molar-refractivity contribution in [2.45, 2.75) is 39.3 Å². The molecule has 0 atom stereocenters. The van der Waals surface area contributed by atoms with Gasteiger partial charge in [-0.1, -0.05) is 19.6 Å². The minimum atomic E-state index is -1.06. The molecule has 1 aromatic rings. The molecule has 0 unspecified atom stereocenters. The van der Waals surface area contributed by atoms with Crippen LogP contribution in [0.1, 0.15) is 17.3 Å². The van der Waals surface area contributed by atoms with Gasteiger partial charge in [0.2, 0.25) is 0 Å². The molecule has 0 N–H and O–H groups in total. The highest BCUT2D eigenvalue weighted by Gasteiger charge is 2.17. The van der Waals surface area contributed by atoms with Gasteiger partial charge in [-0.25, -0.2) is 9.48 Å². The van der Waals surface area contributed by atoms with E-state index < -0.39 is 8.07 Å². The number of carbonyl (C=O) groups excluding carboxylic acids is 1. The number of ether oxygens (including phenoxy) is 2. The van der Waals surface area contributed by atoms with Crippen LogP contribution in [0.15, 0.2) is 6.20 Å². The topological polar surface area (TPSA) is 53.3 Å². The Balaban J connectivity index is 2.50. The Labute approximate surface area is 128 Å². The Morgan fingerprint density at radius 1 is 1.47 bits per heavy atom. The van der Waals surface area contributed by atoms with Crippen molar-refractivity contribution in [3.63, 3.8) is 0 Å². The van der Waals surface area contributed by atoms with E-state index in [0.717, 1.165) is 16.4 Å². The second-order valence-corrected chi connectivity index (χ2v) is 12.1. The summed E-state index contributed by atoms with van der Waals surface area (Å²) in [6, 6.07) is 1.12. The number of nitrogens with zero attached hydrogens (tertiary/aromatic N) is 2. The van der Waals surface area contributed by atoms with Crippen molar-refractivity contribution in [3.8, 4) is 0 Å². The zero-order chi connectivity index (χ0) is 14.5. The van der Waals surface area contributed by atoms with Gasteiger partial charge in [0.25, 0.3) is 0 Å². The quantitative estimate of drug-likeness (QED) is 0.308. The summed E-state index contributed by atoms with van der Waals surface area (Å²) in [5.41, 5.74) is 0.497. The highest BCUT2D eigenvalue weighted by Crippen LogP contribution is 2.14. The lowest BCUT2D eigenvalue weighted by atomic mass is 10.4. The summed E-state index contributed by atoms with van der Waals surface area (Å²) in [6.45, 7) is 10.2. The normalized spacial score (nSPS) is 11.6. The minimum absolute atomic E-state index is 0.333. The molecule has 0 aliphatic rings. The lowest BCUT2D eigenvalue weighted by Crippen LogP contribution is -2.22. The standard InChI is InChI=1S/C12H21IN2O3Si/c1-5-18-12(16)10-8-14-15(11(10)13)9-17-6-7-19(2,3)4/h8H,5-7,9H2,1-4H3. The van der Waals surface area contributed by atoms with E-state index in [9.17, 15) is 4.79 Å². The maximum Gasteiger partial charge on any atom is 0.342 e. The Morgan fingerprint density at radius 2 is 2.16 bits per heavy atom. The molecular weight excluding hydrogens is 375 g/mol. The first-order valence-corrected chi connectivity index (χ1v) is 11.1. The van der Waals surface area contributed by atoms with Crippen LogP contribution in [0.2, 0.25) is 25.7 Å². The van der Waals surface area contributed by atoms with Gasteiger partial charge in [0.05, 0.1) is 12.8 Å². The maximum atomic E-state index is 11.6. The van der Waals surface area contributed by atoms with E-state index in [2.05, 4.69) is 47.3 Å². The molecule has 0 radical (unpaired) electrons. The molecule has 0 bridgehead atoms. The third-order valence-corrected chi connectivity index (χ3v) is 5.32. The number of esters is 1. The van der Waals surface area contributed by atoms with E-state index in [1.807, 2.05) is 0 Å². The van der Waals surface area contributed by atoms with Gasteiger partial charge < -0.3 is 9.47 Å². The fourth-order valence-electron chi connectivity index (χ4n) is 1.34. The Bertz CT molecular complexity index is 429.